The highest BCUT2D eigenvalue weighted by Crippen LogP contribution is 2.43. The number of ether oxygens (including phenoxy) is 3. The largest absolute Gasteiger partial charge is 0.465 e. The number of H-pyrrole nitrogens is 1. The molecule has 0 radical (unpaired) electrons. The number of nitrogens with one attached hydrogen (secondary N) is 1. The lowest BCUT2D eigenvalue weighted by Gasteiger charge is -2.46. The fraction of sp³-hybridized carbons (Fsp3) is 0.826. The van der Waals surface area contributed by atoms with E-state index in [0.29, 0.717) is 48.9 Å². The van der Waals surface area contributed by atoms with Gasteiger partial charge in [-0.05, 0) is 68.9 Å². The van der Waals surface area contributed by atoms with Crippen molar-refractivity contribution in [2.75, 3.05) is 40.0 Å². The van der Waals surface area contributed by atoms with E-state index in [0.717, 1.165) is 32.4 Å². The summed E-state index contributed by atoms with van der Waals surface area (Å²) in [5, 5.41) is 14.9. The molecule has 3 heterocycles. The third kappa shape index (κ3) is 6.10. The Morgan fingerprint density at radius 2 is 1.75 bits per heavy atom. The topological polar surface area (TPSA) is 140 Å². The quantitative estimate of drug-likeness (QED) is 0.393. The van der Waals surface area contributed by atoms with Crippen LogP contribution < -0.4 is 0 Å². The van der Waals surface area contributed by atoms with Gasteiger partial charge in [0.05, 0.1) is 20.3 Å². The molecule has 4 rings (SSSR count). The van der Waals surface area contributed by atoms with Gasteiger partial charge in [0.25, 0.3) is 0 Å². The highest BCUT2D eigenvalue weighted by atomic mass is 32.2. The van der Waals surface area contributed by atoms with Gasteiger partial charge in [-0.15, -0.1) is 10.2 Å². The van der Waals surface area contributed by atoms with Gasteiger partial charge in [0, 0.05) is 24.9 Å². The molecule has 1 saturated carbocycles. The number of carbonyl (C=O) groups is 3. The van der Waals surface area contributed by atoms with E-state index in [9.17, 15) is 14.4 Å². The summed E-state index contributed by atoms with van der Waals surface area (Å²) in [7, 11) is 1.34. The number of methoxy groups -OCH3 is 1. The molecule has 2 unspecified atom stereocenters. The van der Waals surface area contributed by atoms with E-state index in [1.165, 1.54) is 23.8 Å². The Morgan fingerprint density at radius 3 is 2.42 bits per heavy atom. The van der Waals surface area contributed by atoms with Crippen LogP contribution in [0.2, 0.25) is 0 Å². The number of rotatable bonds is 8. The van der Waals surface area contributed by atoms with Crippen molar-refractivity contribution in [1.82, 2.24) is 30.4 Å². The Labute approximate surface area is 215 Å². The summed E-state index contributed by atoms with van der Waals surface area (Å²) in [6, 6.07) is -0.910. The first-order chi connectivity index (χ1) is 17.4. The Morgan fingerprint density at radius 1 is 1.00 bits per heavy atom. The van der Waals surface area contributed by atoms with Crippen LogP contribution in [0.4, 0.5) is 4.79 Å². The lowest BCUT2D eigenvalue weighted by Crippen LogP contribution is -2.55. The zero-order valence-corrected chi connectivity index (χ0v) is 21.9. The molecule has 1 aliphatic carbocycles. The highest BCUT2D eigenvalue weighted by molar-refractivity contribution is 7.99. The van der Waals surface area contributed by atoms with E-state index in [-0.39, 0.29) is 29.8 Å². The van der Waals surface area contributed by atoms with Crippen molar-refractivity contribution in [1.29, 1.82) is 0 Å². The third-order valence-electron chi connectivity index (χ3n) is 7.56. The van der Waals surface area contributed by atoms with Crippen LogP contribution in [0, 0.1) is 17.8 Å². The zero-order chi connectivity index (χ0) is 25.7. The van der Waals surface area contributed by atoms with E-state index in [2.05, 4.69) is 25.5 Å². The summed E-state index contributed by atoms with van der Waals surface area (Å²) in [5.41, 5.74) is 0. The molecule has 13 heteroatoms. The highest BCUT2D eigenvalue weighted by Gasteiger charge is 2.46. The van der Waals surface area contributed by atoms with Crippen molar-refractivity contribution in [3.63, 3.8) is 0 Å². The molecular weight excluding hydrogens is 488 g/mol. The van der Waals surface area contributed by atoms with Crippen molar-refractivity contribution in [3.05, 3.63) is 0 Å². The third-order valence-corrected chi connectivity index (χ3v) is 8.62. The van der Waals surface area contributed by atoms with E-state index in [1.54, 1.807) is 6.92 Å². The monoisotopic (exact) mass is 524 g/mol. The Kier molecular flexibility index (Phi) is 9.04. The lowest BCUT2D eigenvalue weighted by molar-refractivity contribution is -0.153. The molecule has 1 amide bonds. The van der Waals surface area contributed by atoms with Gasteiger partial charge in [0.15, 0.2) is 0 Å². The number of aromatic amines is 1. The van der Waals surface area contributed by atoms with Crippen molar-refractivity contribution in [3.8, 4) is 0 Å². The summed E-state index contributed by atoms with van der Waals surface area (Å²) >= 11 is 1.53. The maximum atomic E-state index is 12.8. The van der Waals surface area contributed by atoms with Crippen molar-refractivity contribution in [2.24, 2.45) is 17.8 Å². The van der Waals surface area contributed by atoms with Gasteiger partial charge in [-0.3, -0.25) is 14.6 Å². The lowest BCUT2D eigenvalue weighted by atomic mass is 9.69. The van der Waals surface area contributed by atoms with Crippen molar-refractivity contribution >= 4 is 29.8 Å². The second-order valence-corrected chi connectivity index (χ2v) is 11.0. The van der Waals surface area contributed by atoms with Gasteiger partial charge < -0.3 is 14.2 Å². The van der Waals surface area contributed by atoms with E-state index in [1.807, 2.05) is 6.92 Å². The number of hydrogen-bond acceptors (Lipinski definition) is 11. The number of thioether (sulfide) groups is 1. The average Bonchev–Trinajstić information content (AvgIpc) is 3.53. The minimum absolute atomic E-state index is 0.171. The van der Waals surface area contributed by atoms with E-state index < -0.39 is 12.1 Å². The smallest absolute Gasteiger partial charge is 0.410 e. The summed E-state index contributed by atoms with van der Waals surface area (Å²) in [4.78, 5) is 41.6. The zero-order valence-electron chi connectivity index (χ0n) is 21.1. The fourth-order valence-electron chi connectivity index (χ4n) is 6.01. The number of aromatic nitrogens is 4. The van der Waals surface area contributed by atoms with Gasteiger partial charge >= 0.3 is 18.0 Å². The van der Waals surface area contributed by atoms with Gasteiger partial charge in [-0.2, -0.15) is 5.21 Å². The average molecular weight is 525 g/mol. The van der Waals surface area contributed by atoms with E-state index >= 15 is 0 Å². The Hall–Kier alpha value is -2.41. The number of piperidine rings is 1. The number of nitrogens with zero attached hydrogens (tertiary/aromatic N) is 5. The predicted octanol–water partition coefficient (Wildman–Crippen LogP) is 1.73. The second kappa shape index (κ2) is 12.2. The molecule has 3 fully saturated rings. The first-order valence-corrected chi connectivity index (χ1v) is 13.6. The van der Waals surface area contributed by atoms with Gasteiger partial charge in [0.2, 0.25) is 5.16 Å². The van der Waals surface area contributed by atoms with E-state index in [4.69, 9.17) is 14.2 Å². The van der Waals surface area contributed by atoms with Crippen LogP contribution in [-0.2, 0) is 23.8 Å². The molecule has 200 valence electrons. The molecule has 1 aromatic heterocycles. The number of amides is 1. The molecule has 0 spiro atoms. The number of carbonyl (C=O) groups excluding carboxylic acids is 3. The molecule has 1 N–H and O–H groups in total. The molecule has 1 aromatic rings. The standard InChI is InChI=1S/C23H36N6O6S/c1-4-34-20(30)18-10-17(36-22-24-26-27-25-22)13-28(18)11-14-6-7-15-12-29(23(32)33-3)19(9-16(15)8-14)21(31)35-5-2/h14-19H,4-13H2,1-3H3,(H,24,25,26,27)/t14-,15-,16?,17+,18-,19?/m0/s1. The van der Waals surface area contributed by atoms with Crippen molar-refractivity contribution < 1.29 is 28.6 Å². The van der Waals surface area contributed by atoms with Crippen molar-refractivity contribution in [2.45, 2.75) is 68.4 Å². The van der Waals surface area contributed by atoms with Gasteiger partial charge in [-0.25, -0.2) is 9.59 Å². The van der Waals surface area contributed by atoms with Crippen LogP contribution in [-0.4, -0.2) is 106 Å². The number of fused-ring (bicyclic) bond motifs is 1. The first kappa shape index (κ1) is 26.6. The maximum absolute atomic E-state index is 12.8. The molecule has 2 aliphatic heterocycles. The summed E-state index contributed by atoms with van der Waals surface area (Å²) in [6.07, 6.45) is 3.70. The van der Waals surface area contributed by atoms with Crippen LogP contribution >= 0.6 is 11.8 Å². The van der Waals surface area contributed by atoms with Crippen LogP contribution in [0.1, 0.15) is 46.0 Å². The summed E-state index contributed by atoms with van der Waals surface area (Å²) < 4.78 is 15.6. The summed E-state index contributed by atoms with van der Waals surface area (Å²) in [5.74, 6) is 0.478. The van der Waals surface area contributed by atoms with Gasteiger partial charge in [-0.1, -0.05) is 11.8 Å². The Bertz CT molecular complexity index is 904. The SMILES string of the molecule is CCOC(=O)C1CC2C[C@@H](CN3C[C@H](Sc4nn[nH]n4)C[C@H]3C(=O)OCC)CC[C@H]2CN1C(=O)OC. The molecule has 12 nitrogen and oxygen atoms in total. The second-order valence-electron chi connectivity index (χ2n) is 9.72. The number of tetrazole rings is 1. The molecule has 0 aromatic carbocycles. The van der Waals surface area contributed by atoms with Gasteiger partial charge in [0.1, 0.15) is 12.1 Å². The molecule has 0 bridgehead atoms. The Balaban J connectivity index is 1.41. The molecule has 3 aliphatic rings. The number of hydrogen-bond donors (Lipinski definition) is 1. The molecule has 36 heavy (non-hydrogen) atoms. The predicted molar refractivity (Wildman–Crippen MR) is 129 cm³/mol. The normalized spacial score (nSPS) is 30.5. The maximum Gasteiger partial charge on any atom is 0.410 e. The molecular formula is C23H36N6O6S. The molecule has 2 saturated heterocycles. The van der Waals surface area contributed by atoms with Crippen LogP contribution in [0.5, 0.6) is 0 Å². The molecule has 6 atom stereocenters. The van der Waals surface area contributed by atoms with Crippen LogP contribution in [0.25, 0.3) is 0 Å². The summed E-state index contributed by atoms with van der Waals surface area (Å²) in [6.45, 7) is 6.26. The van der Waals surface area contributed by atoms with Crippen LogP contribution in [0.3, 0.4) is 0 Å². The van der Waals surface area contributed by atoms with Crippen LogP contribution in [0.15, 0.2) is 5.16 Å². The number of likely N-dealkylation sites (tertiary alicyclic amines) is 2. The fourth-order valence-corrected chi connectivity index (χ4v) is 7.03. The minimum Gasteiger partial charge on any atom is -0.465 e. The minimum atomic E-state index is -0.618. The number of esters is 2. The first-order valence-electron chi connectivity index (χ1n) is 12.7.